The zero-order valence-corrected chi connectivity index (χ0v) is 48.7. The van der Waals surface area contributed by atoms with Crippen molar-refractivity contribution in [3.05, 3.63) is 175 Å². The number of rotatable bonds is 7. The van der Waals surface area contributed by atoms with E-state index < -0.39 is 25.1 Å². The highest BCUT2D eigenvalue weighted by Crippen LogP contribution is 2.37. The van der Waals surface area contributed by atoms with Crippen LogP contribution in [0.1, 0.15) is 88.9 Å². The minimum Gasteiger partial charge on any atom is -0.323 e. The summed E-state index contributed by atoms with van der Waals surface area (Å²) in [4.78, 5) is 70.2. The first kappa shape index (κ1) is 61.1. The fourth-order valence-corrected chi connectivity index (χ4v) is 10.4. The predicted octanol–water partition coefficient (Wildman–Crippen LogP) is 11.2. The summed E-state index contributed by atoms with van der Waals surface area (Å²) >= 11 is 24.0. The second-order valence-corrected chi connectivity index (χ2v) is 21.7. The Morgan fingerprint density at radius 2 is 1.10 bits per heavy atom. The lowest BCUT2D eigenvalue weighted by atomic mass is 9.97. The smallest absolute Gasteiger partial charge is 0.323 e. The third-order valence-electron chi connectivity index (χ3n) is 14.2. The average molecular weight is 1270 g/mol. The minimum absolute atomic E-state index is 0.0426. The van der Waals surface area contributed by atoms with Crippen LogP contribution in [0.4, 0.5) is 28.9 Å². The van der Waals surface area contributed by atoms with Crippen LogP contribution in [0.3, 0.4) is 0 Å². The van der Waals surface area contributed by atoms with Crippen molar-refractivity contribution in [1.82, 2.24) is 79.0 Å². The number of hydrogen-bond acceptors (Lipinski definition) is 15. The molecule has 0 unspecified atom stereocenters. The third kappa shape index (κ3) is 14.0. The number of anilines is 2. The molecular formula is C56H49Cl4F4N19O4. The molecule has 0 radical (unpaired) electrons. The number of aromatic nitrogens is 16. The monoisotopic (exact) mass is 1270 g/mol. The molecule has 0 spiro atoms. The first-order chi connectivity index (χ1) is 41.8. The summed E-state index contributed by atoms with van der Waals surface area (Å²) in [6, 6.07) is 18.6. The summed E-state index contributed by atoms with van der Waals surface area (Å²) in [5.41, 5.74) is 11.4. The van der Waals surface area contributed by atoms with E-state index in [0.717, 1.165) is 6.42 Å². The van der Waals surface area contributed by atoms with Crippen LogP contribution in [0.15, 0.2) is 132 Å². The normalized spacial score (nSPS) is 16.9. The fourth-order valence-electron chi connectivity index (χ4n) is 9.82. The van der Waals surface area contributed by atoms with Crippen molar-refractivity contribution in [3.8, 4) is 56.4 Å². The van der Waals surface area contributed by atoms with E-state index in [-0.39, 0.29) is 68.0 Å². The van der Waals surface area contributed by atoms with Crippen molar-refractivity contribution in [2.24, 2.45) is 17.6 Å². The van der Waals surface area contributed by atoms with Gasteiger partial charge in [-0.3, -0.25) is 33.7 Å². The van der Waals surface area contributed by atoms with Crippen LogP contribution >= 0.6 is 46.4 Å². The quantitative estimate of drug-likeness (QED) is 0.108. The first-order valence-corrected chi connectivity index (χ1v) is 28.2. The maximum atomic E-state index is 13.9. The molecule has 10 heterocycles. The van der Waals surface area contributed by atoms with Crippen molar-refractivity contribution in [3.63, 3.8) is 0 Å². The predicted molar refractivity (Wildman–Crippen MR) is 316 cm³/mol. The highest BCUT2D eigenvalue weighted by Gasteiger charge is 2.28. The van der Waals surface area contributed by atoms with E-state index in [9.17, 15) is 36.7 Å². The van der Waals surface area contributed by atoms with Crippen LogP contribution in [-0.4, -0.2) is 90.9 Å². The van der Waals surface area contributed by atoms with Crippen LogP contribution in [-0.2, 0) is 9.59 Å². The van der Waals surface area contributed by atoms with Crippen molar-refractivity contribution >= 4 is 69.6 Å². The van der Waals surface area contributed by atoms with Gasteiger partial charge in [0.2, 0.25) is 11.8 Å². The number of alkyl halides is 4. The third-order valence-corrected chi connectivity index (χ3v) is 15.0. The van der Waals surface area contributed by atoms with Crippen molar-refractivity contribution in [2.45, 2.75) is 77.6 Å². The summed E-state index contributed by atoms with van der Waals surface area (Å²) in [7, 11) is 0. The molecule has 0 aliphatic carbocycles. The van der Waals surface area contributed by atoms with E-state index in [2.05, 4.69) is 66.4 Å². The number of H-pyrrole nitrogens is 1. The second-order valence-electron chi connectivity index (χ2n) is 20.1. The number of aromatic amines is 1. The lowest BCUT2D eigenvalue weighted by molar-refractivity contribution is -0.120. The standard InChI is InChI=1S/C28H23Cl2F2N9O2.C16H19F2N5O.C12H7Cl2N5O/c1-15-3-2-4-23(20-9-16(7-8-33-20)26-21(36-27(15)43)12-35-41(26)28(31)32)39-14-34-19(11-25(39)42)18-10-17(29)5-6-22(18)40-13-24(30)37-38-40;1-9-3-2-4-11(19)12-7-10(5-6-20-12)14-13(22-15(9)24)8-21-23(14)16(17)18;13-7-1-2-10(19-5-11(14)17-18-19)8(3-7)9-4-12(20)16-6-15-9/h5-15,23,28H,2-4H2,1H3,(H,36,43);5-9,11,16H,2-4,19H2,1H3,(H,22,24);1-6H,(H,15,16,20)/t15-,23+;9-,11+;/m11./s1. The van der Waals surface area contributed by atoms with Gasteiger partial charge >= 0.3 is 13.1 Å². The Morgan fingerprint density at radius 3 is 1.60 bits per heavy atom. The Kier molecular flexibility index (Phi) is 18.8. The van der Waals surface area contributed by atoms with E-state index in [4.69, 9.17) is 52.1 Å². The molecular weight excluding hydrogens is 1220 g/mol. The number of nitrogens with one attached hydrogen (secondary N) is 3. The molecule has 23 nitrogen and oxygen atoms in total. The Morgan fingerprint density at radius 1 is 0.598 bits per heavy atom. The lowest BCUT2D eigenvalue weighted by Gasteiger charge is -2.22. The van der Waals surface area contributed by atoms with Gasteiger partial charge in [-0.25, -0.2) is 28.7 Å². The molecule has 2 aliphatic heterocycles. The van der Waals surface area contributed by atoms with E-state index in [1.807, 2.05) is 0 Å². The second kappa shape index (κ2) is 26.7. The Balaban J connectivity index is 0.000000160. The van der Waals surface area contributed by atoms with Gasteiger partial charge in [-0.05, 0) is 86.3 Å². The maximum Gasteiger partial charge on any atom is 0.333 e. The van der Waals surface area contributed by atoms with Gasteiger partial charge in [0.25, 0.3) is 11.1 Å². The van der Waals surface area contributed by atoms with Crippen molar-refractivity contribution in [1.29, 1.82) is 0 Å². The van der Waals surface area contributed by atoms with Gasteiger partial charge in [0.05, 0.1) is 100 Å². The Hall–Kier alpha value is -9.02. The average Bonchev–Trinajstić information content (AvgIpc) is 3.49. The molecule has 31 heteroatoms. The van der Waals surface area contributed by atoms with Gasteiger partial charge in [0, 0.05) is 74.7 Å². The number of benzene rings is 2. The summed E-state index contributed by atoms with van der Waals surface area (Å²) < 4.78 is 60.0. The number of pyridine rings is 2. The molecule has 12 rings (SSSR count). The van der Waals surface area contributed by atoms with Gasteiger partial charge in [-0.2, -0.15) is 27.8 Å². The van der Waals surface area contributed by atoms with E-state index in [1.54, 1.807) is 80.7 Å². The van der Waals surface area contributed by atoms with Crippen LogP contribution in [0.5, 0.6) is 0 Å². The largest absolute Gasteiger partial charge is 0.333 e. The number of nitrogens with two attached hydrogens (primary N) is 1. The van der Waals surface area contributed by atoms with Gasteiger partial charge in [0.1, 0.15) is 0 Å². The summed E-state index contributed by atoms with van der Waals surface area (Å²) in [6.07, 6.45) is 14.9. The molecule has 8 aromatic heterocycles. The summed E-state index contributed by atoms with van der Waals surface area (Å²) in [6.45, 7) is -2.19. The molecule has 87 heavy (non-hydrogen) atoms. The first-order valence-electron chi connectivity index (χ1n) is 26.7. The number of hydrogen-bond donors (Lipinski definition) is 4. The van der Waals surface area contributed by atoms with Gasteiger partial charge < -0.3 is 21.4 Å². The highest BCUT2D eigenvalue weighted by atomic mass is 35.5. The summed E-state index contributed by atoms with van der Waals surface area (Å²) in [5.74, 6) is -1.19. The zero-order chi connectivity index (χ0) is 61.6. The van der Waals surface area contributed by atoms with Crippen LogP contribution in [0, 0.1) is 11.8 Å². The lowest BCUT2D eigenvalue weighted by Crippen LogP contribution is -2.27. The van der Waals surface area contributed by atoms with E-state index in [0.29, 0.717) is 108 Å². The maximum absolute atomic E-state index is 13.9. The van der Waals surface area contributed by atoms with Gasteiger partial charge in [-0.15, -0.1) is 10.2 Å². The number of nitrogens with zero attached hydrogens (tertiary/aromatic N) is 15. The Labute approximate surface area is 510 Å². The molecule has 0 saturated heterocycles. The molecule has 4 bridgehead atoms. The SMILES string of the molecule is C[C@@H]1CCC[C@H](N)c2cc(ccn2)-c2c(cnn2C(F)F)NC1=O.C[C@@H]1CCC[C@H](n2cnc(-c3cc(Cl)ccc3-n3cc(Cl)nn3)cc2=O)c2cc(ccn2)-c2c(cnn2C(F)F)NC1=O.O=c1cc(-c2cc(Cl)ccc2-n2cc(Cl)nn2)nc[nH]1. The van der Waals surface area contributed by atoms with Gasteiger partial charge in [-0.1, -0.05) is 83.5 Å². The molecule has 10 aromatic rings. The molecule has 2 amide bonds. The van der Waals surface area contributed by atoms with E-state index >= 15 is 0 Å². The van der Waals surface area contributed by atoms with Gasteiger partial charge in [0.15, 0.2) is 10.3 Å². The topological polar surface area (TPSA) is 288 Å². The molecule has 4 atom stereocenters. The Bertz CT molecular complexity index is 4260. The van der Waals surface area contributed by atoms with Crippen LogP contribution < -0.4 is 27.5 Å². The molecule has 0 saturated carbocycles. The number of carbonyl (C=O) groups excluding carboxylic acids is 2. The summed E-state index contributed by atoms with van der Waals surface area (Å²) in [5, 5.41) is 29.8. The molecule has 2 aromatic carbocycles. The number of halogens is 8. The number of amides is 2. The minimum atomic E-state index is -2.94. The van der Waals surface area contributed by atoms with Crippen molar-refractivity contribution in [2.75, 3.05) is 10.6 Å². The van der Waals surface area contributed by atoms with Crippen LogP contribution in [0.2, 0.25) is 20.4 Å². The molecule has 0 fully saturated rings. The number of carbonyl (C=O) groups is 2. The van der Waals surface area contributed by atoms with E-state index in [1.165, 1.54) is 69.7 Å². The molecule has 2 aliphatic rings. The molecule has 5 N–H and O–H groups in total. The zero-order valence-electron chi connectivity index (χ0n) is 45.7. The van der Waals surface area contributed by atoms with Crippen molar-refractivity contribution < 1.29 is 27.2 Å². The molecule has 448 valence electrons. The number of fused-ring (bicyclic) bond motifs is 8. The fraction of sp³-hybridized carbons (Fsp3) is 0.250. The highest BCUT2D eigenvalue weighted by molar-refractivity contribution is 6.31. The van der Waals surface area contributed by atoms with Crippen LogP contribution in [0.25, 0.3) is 56.4 Å².